The van der Waals surface area contributed by atoms with Crippen molar-refractivity contribution in [3.05, 3.63) is 48.0 Å². The average Bonchev–Trinajstić information content (AvgIpc) is 3.30. The van der Waals surface area contributed by atoms with Crippen molar-refractivity contribution in [1.82, 2.24) is 14.9 Å². The molecule has 126 valence electrons. The van der Waals surface area contributed by atoms with Gasteiger partial charge in [0.15, 0.2) is 0 Å². The van der Waals surface area contributed by atoms with Crippen molar-refractivity contribution < 1.29 is 9.53 Å². The summed E-state index contributed by atoms with van der Waals surface area (Å²) >= 11 is 0. The molecule has 1 aromatic heterocycles. The second kappa shape index (κ2) is 5.94. The Morgan fingerprint density at radius 3 is 3.21 bits per heavy atom. The third-order valence-corrected chi connectivity index (χ3v) is 4.93. The Kier molecular flexibility index (Phi) is 3.76. The smallest absolute Gasteiger partial charge is 0.272 e. The average molecular weight is 326 g/mol. The summed E-state index contributed by atoms with van der Waals surface area (Å²) in [6.07, 6.45) is 4.92. The predicted octanol–water partition coefficient (Wildman–Crippen LogP) is 2.20. The number of H-pyrrole nitrogens is 1. The van der Waals surface area contributed by atoms with E-state index in [-0.39, 0.29) is 17.6 Å². The third-order valence-electron chi connectivity index (χ3n) is 4.93. The summed E-state index contributed by atoms with van der Waals surface area (Å²) in [7, 11) is 0. The highest BCUT2D eigenvalue weighted by atomic mass is 16.5. The van der Waals surface area contributed by atoms with Crippen molar-refractivity contribution in [3.8, 4) is 0 Å². The molecule has 2 saturated heterocycles. The fourth-order valence-corrected chi connectivity index (χ4v) is 3.75. The highest BCUT2D eigenvalue weighted by molar-refractivity contribution is 5.92. The van der Waals surface area contributed by atoms with E-state index in [9.17, 15) is 4.79 Å². The van der Waals surface area contributed by atoms with Gasteiger partial charge in [-0.15, -0.1) is 0 Å². The Morgan fingerprint density at radius 2 is 2.42 bits per heavy atom. The number of amides is 1. The molecule has 3 heterocycles. The Labute approximate surface area is 141 Å². The number of hydrogen-bond acceptors (Lipinski definition) is 4. The Hall–Kier alpha value is -2.34. The highest BCUT2D eigenvalue weighted by Crippen LogP contribution is 2.36. The van der Waals surface area contributed by atoms with Crippen molar-refractivity contribution in [2.24, 2.45) is 0 Å². The molecule has 2 atom stereocenters. The van der Waals surface area contributed by atoms with Crippen LogP contribution in [0, 0.1) is 6.92 Å². The minimum absolute atomic E-state index is 0.00284. The predicted molar refractivity (Wildman–Crippen MR) is 91.0 cm³/mol. The van der Waals surface area contributed by atoms with Gasteiger partial charge in [0.2, 0.25) is 0 Å². The first-order valence-electron chi connectivity index (χ1n) is 8.38. The highest BCUT2D eigenvalue weighted by Gasteiger charge is 2.47. The van der Waals surface area contributed by atoms with Gasteiger partial charge in [0, 0.05) is 18.7 Å². The van der Waals surface area contributed by atoms with Crippen LogP contribution in [0.2, 0.25) is 0 Å². The van der Waals surface area contributed by atoms with Crippen molar-refractivity contribution in [2.75, 3.05) is 25.0 Å². The van der Waals surface area contributed by atoms with Crippen LogP contribution in [0.4, 0.5) is 5.69 Å². The van der Waals surface area contributed by atoms with Gasteiger partial charge in [-0.2, -0.15) is 0 Å². The summed E-state index contributed by atoms with van der Waals surface area (Å²) in [5, 5.41) is 3.56. The zero-order valence-electron chi connectivity index (χ0n) is 13.8. The van der Waals surface area contributed by atoms with Crippen LogP contribution in [0.25, 0.3) is 0 Å². The van der Waals surface area contributed by atoms with Crippen LogP contribution in [-0.4, -0.2) is 52.1 Å². The number of hydrogen-bond donors (Lipinski definition) is 2. The lowest BCUT2D eigenvalue weighted by atomic mass is 9.97. The van der Waals surface area contributed by atoms with E-state index < -0.39 is 0 Å². The first kappa shape index (κ1) is 15.2. The Morgan fingerprint density at radius 1 is 1.50 bits per heavy atom. The van der Waals surface area contributed by atoms with Crippen LogP contribution in [0.5, 0.6) is 0 Å². The second-order valence-corrected chi connectivity index (χ2v) is 6.85. The summed E-state index contributed by atoms with van der Waals surface area (Å²) in [5.74, 6) is 0.00284. The fraction of sp³-hybridized carbons (Fsp3) is 0.444. The lowest BCUT2D eigenvalue weighted by Crippen LogP contribution is -2.36. The molecule has 2 N–H and O–H groups in total. The number of carbonyl (C=O) groups excluding carboxylic acids is 1. The molecule has 6 nitrogen and oxygen atoms in total. The number of imidazole rings is 1. The molecule has 1 amide bonds. The molecule has 2 aliphatic heterocycles. The summed E-state index contributed by atoms with van der Waals surface area (Å²) in [6, 6.07) is 8.67. The first-order valence-corrected chi connectivity index (χ1v) is 8.38. The van der Waals surface area contributed by atoms with E-state index in [0.717, 1.165) is 25.1 Å². The lowest BCUT2D eigenvalue weighted by molar-refractivity contribution is 0.0124. The van der Waals surface area contributed by atoms with Gasteiger partial charge < -0.3 is 19.9 Å². The monoisotopic (exact) mass is 326 g/mol. The van der Waals surface area contributed by atoms with Gasteiger partial charge in [0.05, 0.1) is 37.3 Å². The normalized spacial score (nSPS) is 26.2. The quantitative estimate of drug-likeness (QED) is 0.907. The number of rotatable bonds is 3. The van der Waals surface area contributed by atoms with Crippen molar-refractivity contribution in [2.45, 2.75) is 31.4 Å². The third kappa shape index (κ3) is 2.89. The number of anilines is 1. The van der Waals surface area contributed by atoms with Crippen molar-refractivity contribution >= 4 is 11.6 Å². The molecule has 1 aromatic carbocycles. The van der Waals surface area contributed by atoms with Crippen LogP contribution < -0.4 is 5.32 Å². The van der Waals surface area contributed by atoms with Crippen molar-refractivity contribution in [3.63, 3.8) is 0 Å². The first-order chi connectivity index (χ1) is 11.6. The van der Waals surface area contributed by atoms with Crippen LogP contribution >= 0.6 is 0 Å². The number of nitrogens with zero attached hydrogens (tertiary/aromatic N) is 2. The van der Waals surface area contributed by atoms with E-state index in [2.05, 4.69) is 46.5 Å². The van der Waals surface area contributed by atoms with Gasteiger partial charge in [-0.05, 0) is 31.0 Å². The molecule has 24 heavy (non-hydrogen) atoms. The summed E-state index contributed by atoms with van der Waals surface area (Å²) in [5.41, 5.74) is 2.70. The van der Waals surface area contributed by atoms with E-state index in [4.69, 9.17) is 4.74 Å². The number of ether oxygens (including phenoxy) is 1. The minimum Gasteiger partial charge on any atom is -0.380 e. The molecule has 2 aromatic rings. The summed E-state index contributed by atoms with van der Waals surface area (Å²) in [6.45, 7) is 4.15. The number of aromatic nitrogens is 2. The molecule has 1 spiro atoms. The van der Waals surface area contributed by atoms with Crippen LogP contribution in [-0.2, 0) is 4.74 Å². The van der Waals surface area contributed by atoms with Gasteiger partial charge in [0.1, 0.15) is 5.69 Å². The van der Waals surface area contributed by atoms with E-state index in [1.807, 2.05) is 4.90 Å². The van der Waals surface area contributed by atoms with Crippen molar-refractivity contribution in [1.29, 1.82) is 0 Å². The molecule has 2 aliphatic rings. The van der Waals surface area contributed by atoms with Gasteiger partial charge in [0.25, 0.3) is 5.91 Å². The molecular formula is C18H22N4O2. The molecular weight excluding hydrogens is 304 g/mol. The molecule has 0 radical (unpaired) electrons. The lowest BCUT2D eigenvalue weighted by Gasteiger charge is -2.23. The van der Waals surface area contributed by atoms with E-state index in [0.29, 0.717) is 18.8 Å². The number of nitrogens with one attached hydrogen (secondary N) is 2. The van der Waals surface area contributed by atoms with Gasteiger partial charge in [-0.25, -0.2) is 4.98 Å². The number of carbonyl (C=O) groups is 1. The zero-order valence-corrected chi connectivity index (χ0v) is 13.8. The molecule has 0 aliphatic carbocycles. The topological polar surface area (TPSA) is 70.2 Å². The number of likely N-dealkylation sites (tertiary alicyclic amines) is 1. The maximum absolute atomic E-state index is 12.4. The van der Waals surface area contributed by atoms with Crippen LogP contribution in [0.1, 0.15) is 28.9 Å². The number of aromatic amines is 1. The van der Waals surface area contributed by atoms with Gasteiger partial charge in [-0.1, -0.05) is 12.1 Å². The molecule has 0 bridgehead atoms. The summed E-state index contributed by atoms with van der Waals surface area (Å²) < 4.78 is 6.13. The minimum atomic E-state index is -0.211. The maximum atomic E-state index is 12.4. The second-order valence-electron chi connectivity index (χ2n) is 6.85. The summed E-state index contributed by atoms with van der Waals surface area (Å²) in [4.78, 5) is 21.1. The molecule has 6 heteroatoms. The molecule has 2 fully saturated rings. The van der Waals surface area contributed by atoms with Gasteiger partial charge >= 0.3 is 0 Å². The standard InChI is InChI=1S/C18H22N4O2/c1-13-3-2-4-14(7-13)21-15-8-18(24-10-15)5-6-22(11-18)17(23)16-9-19-12-20-16/h2-4,7,9,12,15,21H,5-6,8,10-11H2,1H3,(H,19,20)/t15-,18+/m1/s1. The Balaban J connectivity index is 1.39. The van der Waals surface area contributed by atoms with E-state index >= 15 is 0 Å². The van der Waals surface area contributed by atoms with Crippen LogP contribution in [0.15, 0.2) is 36.8 Å². The number of benzene rings is 1. The van der Waals surface area contributed by atoms with E-state index in [1.54, 1.807) is 6.20 Å². The maximum Gasteiger partial charge on any atom is 0.272 e. The molecule has 0 saturated carbocycles. The van der Waals surface area contributed by atoms with Crippen LogP contribution in [0.3, 0.4) is 0 Å². The number of aryl methyl sites for hydroxylation is 1. The molecule has 4 rings (SSSR count). The van der Waals surface area contributed by atoms with E-state index in [1.165, 1.54) is 11.9 Å². The van der Waals surface area contributed by atoms with Gasteiger partial charge in [-0.3, -0.25) is 4.79 Å². The SMILES string of the molecule is Cc1cccc(N[C@H]2CO[C@@]3(CCN(C(=O)c4cnc[nH]4)C3)C2)c1. The zero-order chi connectivity index (χ0) is 16.6. The fourth-order valence-electron chi connectivity index (χ4n) is 3.75. The molecule has 0 unspecified atom stereocenters. The Bertz CT molecular complexity index is 730. The largest absolute Gasteiger partial charge is 0.380 e.